The summed E-state index contributed by atoms with van der Waals surface area (Å²) < 4.78 is 0. The van der Waals surface area contributed by atoms with Gasteiger partial charge in [0.2, 0.25) is 0 Å². The topological polar surface area (TPSA) is 49.9 Å². The molecular formula is C10H13ClN2S. The predicted molar refractivity (Wildman–Crippen MR) is 67.0 cm³/mol. The van der Waals surface area contributed by atoms with Crippen molar-refractivity contribution in [2.75, 3.05) is 0 Å². The number of nitrogens with two attached hydrogens (primary N) is 1. The lowest BCUT2D eigenvalue weighted by molar-refractivity contribution is 1.38. The van der Waals surface area contributed by atoms with E-state index >= 15 is 0 Å². The predicted octanol–water partition coefficient (Wildman–Crippen LogP) is 2.88. The molecule has 1 rings (SSSR count). The Morgan fingerprint density at radius 1 is 1.57 bits per heavy atom. The van der Waals surface area contributed by atoms with E-state index in [4.69, 9.17) is 17.0 Å². The molecule has 0 amide bonds. The summed E-state index contributed by atoms with van der Waals surface area (Å²) in [4.78, 5) is 0. The normalized spacial score (nSPS) is 8.43. The Bertz CT molecular complexity index is 309. The van der Waals surface area contributed by atoms with Crippen LogP contribution >= 0.6 is 24.2 Å². The average Bonchev–Trinajstić information content (AvgIpc) is 2.17. The largest absolute Gasteiger partial charge is 0.379 e. The molecule has 0 spiro atoms. The number of alkyl halides is 1. The number of hydrogen-bond acceptors (Lipinski definition) is 1. The number of rotatable bonds is 2. The maximum atomic E-state index is 6.14. The molecule has 76 valence electrons. The first-order valence-corrected chi connectivity index (χ1v) is 4.89. The first-order valence-electron chi connectivity index (χ1n) is 3.91. The molecule has 0 unspecified atom stereocenters. The molecule has 0 bridgehead atoms. The highest BCUT2D eigenvalue weighted by Crippen LogP contribution is 2.11. The first kappa shape index (κ1) is 13.1. The van der Waals surface area contributed by atoms with Crippen molar-refractivity contribution < 1.29 is 0 Å². The van der Waals surface area contributed by atoms with E-state index in [9.17, 15) is 0 Å². The third-order valence-electron chi connectivity index (χ3n) is 1.42. The van der Waals surface area contributed by atoms with Gasteiger partial charge in [-0.25, -0.2) is 0 Å². The first-order chi connectivity index (χ1) is 6.61. The maximum Gasteiger partial charge on any atom is 0.147 e. The fraction of sp³-hybridized carbons (Fsp3) is 0.100. The second-order valence-corrected chi connectivity index (χ2v) is 3.17. The fourth-order valence-electron chi connectivity index (χ4n) is 0.855. The number of nitrogens with one attached hydrogen (secondary N) is 1. The van der Waals surface area contributed by atoms with Gasteiger partial charge in [0.05, 0.1) is 0 Å². The van der Waals surface area contributed by atoms with Crippen molar-refractivity contribution in [3.05, 3.63) is 42.0 Å². The molecule has 0 radical (unpaired) electrons. The highest BCUT2D eigenvalue weighted by Gasteiger charge is 1.93. The maximum absolute atomic E-state index is 6.14. The molecule has 1 aromatic carbocycles. The minimum Gasteiger partial charge on any atom is -0.379 e. The van der Waals surface area contributed by atoms with Crippen molar-refractivity contribution in [3.63, 3.8) is 0 Å². The van der Waals surface area contributed by atoms with Crippen LogP contribution in [-0.2, 0) is 5.88 Å². The van der Waals surface area contributed by atoms with Crippen LogP contribution in [0.15, 0.2) is 30.8 Å². The van der Waals surface area contributed by atoms with Gasteiger partial charge in [0.25, 0.3) is 0 Å². The standard InChI is InChI=1S/C9H9Cl.CH4N2S/c1-2-8-5-3-4-6-9(8)7-10;2-1(3)4/h2-6H,1,7H2;(H4,2,3,4). The summed E-state index contributed by atoms with van der Waals surface area (Å²) in [6.07, 6.45) is 1.82. The van der Waals surface area contributed by atoms with Crippen LogP contribution < -0.4 is 5.73 Å². The molecule has 0 aliphatic heterocycles. The van der Waals surface area contributed by atoms with Gasteiger partial charge in [-0.3, -0.25) is 5.41 Å². The molecule has 0 saturated heterocycles. The number of hydrogen-bond donors (Lipinski definition) is 3. The molecule has 0 aromatic heterocycles. The van der Waals surface area contributed by atoms with Crippen LogP contribution in [0.25, 0.3) is 6.08 Å². The highest BCUT2D eigenvalue weighted by atomic mass is 35.5. The van der Waals surface area contributed by atoms with Gasteiger partial charge in [0.1, 0.15) is 5.17 Å². The van der Waals surface area contributed by atoms with Crippen LogP contribution in [0.3, 0.4) is 0 Å². The van der Waals surface area contributed by atoms with Crippen molar-refractivity contribution in [2.45, 2.75) is 5.88 Å². The lowest BCUT2D eigenvalue weighted by atomic mass is 10.1. The third kappa shape index (κ3) is 5.67. The molecular weight excluding hydrogens is 216 g/mol. The van der Waals surface area contributed by atoms with Crippen LogP contribution in [0.2, 0.25) is 0 Å². The van der Waals surface area contributed by atoms with E-state index in [0.29, 0.717) is 5.88 Å². The Balaban J connectivity index is 0.000000364. The molecule has 0 fully saturated rings. The van der Waals surface area contributed by atoms with Gasteiger partial charge in [-0.2, -0.15) is 0 Å². The third-order valence-corrected chi connectivity index (χ3v) is 1.71. The minimum absolute atomic E-state index is 0.139. The summed E-state index contributed by atoms with van der Waals surface area (Å²) in [7, 11) is 0. The summed E-state index contributed by atoms with van der Waals surface area (Å²) >= 11 is 8.99. The molecule has 0 aliphatic carbocycles. The van der Waals surface area contributed by atoms with E-state index in [1.165, 1.54) is 0 Å². The molecule has 4 heteroatoms. The number of halogens is 1. The second kappa shape index (κ2) is 7.47. The van der Waals surface area contributed by atoms with Gasteiger partial charge >= 0.3 is 0 Å². The minimum atomic E-state index is -0.139. The van der Waals surface area contributed by atoms with Gasteiger partial charge < -0.3 is 5.73 Å². The Morgan fingerprint density at radius 2 is 2.07 bits per heavy atom. The summed E-state index contributed by atoms with van der Waals surface area (Å²) in [6.45, 7) is 3.68. The van der Waals surface area contributed by atoms with Gasteiger partial charge in [0, 0.05) is 5.88 Å². The van der Waals surface area contributed by atoms with Crippen molar-refractivity contribution in [1.29, 1.82) is 5.41 Å². The lowest BCUT2D eigenvalue weighted by Gasteiger charge is -1.98. The Labute approximate surface area is 94.7 Å². The SMILES string of the molecule is C=Cc1ccccc1CCl.N=C(N)S. The number of thiol groups is 1. The second-order valence-electron chi connectivity index (χ2n) is 2.42. The number of amidine groups is 1. The summed E-state index contributed by atoms with van der Waals surface area (Å²) in [5.74, 6) is 0.558. The summed E-state index contributed by atoms with van der Waals surface area (Å²) in [5.41, 5.74) is 6.82. The molecule has 0 saturated carbocycles. The van der Waals surface area contributed by atoms with Gasteiger partial charge in [0.15, 0.2) is 0 Å². The van der Waals surface area contributed by atoms with Crippen molar-refractivity contribution in [2.24, 2.45) is 5.73 Å². The van der Waals surface area contributed by atoms with Crippen LogP contribution in [0, 0.1) is 5.41 Å². The molecule has 0 atom stereocenters. The van der Waals surface area contributed by atoms with E-state index in [0.717, 1.165) is 11.1 Å². The van der Waals surface area contributed by atoms with Gasteiger partial charge in [-0.1, -0.05) is 36.9 Å². The zero-order valence-corrected chi connectivity index (χ0v) is 9.35. The van der Waals surface area contributed by atoms with E-state index < -0.39 is 0 Å². The lowest BCUT2D eigenvalue weighted by Crippen LogP contribution is -1.96. The smallest absolute Gasteiger partial charge is 0.147 e. The quantitative estimate of drug-likeness (QED) is 0.310. The van der Waals surface area contributed by atoms with Crippen molar-refractivity contribution in [3.8, 4) is 0 Å². The van der Waals surface area contributed by atoms with E-state index in [1.807, 2.05) is 30.3 Å². The Kier molecular flexibility index (Phi) is 6.98. The summed E-state index contributed by atoms with van der Waals surface area (Å²) in [6, 6.07) is 7.96. The van der Waals surface area contributed by atoms with E-state index in [-0.39, 0.29) is 5.17 Å². The van der Waals surface area contributed by atoms with Crippen molar-refractivity contribution in [1.82, 2.24) is 0 Å². The Hall–Kier alpha value is -0.930. The Morgan fingerprint density at radius 3 is 2.43 bits per heavy atom. The average molecular weight is 229 g/mol. The van der Waals surface area contributed by atoms with Crippen LogP contribution in [0.5, 0.6) is 0 Å². The fourth-order valence-corrected chi connectivity index (χ4v) is 1.10. The molecule has 1 aromatic rings. The molecule has 0 heterocycles. The molecule has 2 nitrogen and oxygen atoms in total. The zero-order valence-electron chi connectivity index (χ0n) is 7.70. The monoisotopic (exact) mass is 228 g/mol. The summed E-state index contributed by atoms with van der Waals surface area (Å²) in [5, 5.41) is 6.00. The molecule has 3 N–H and O–H groups in total. The van der Waals surface area contributed by atoms with Crippen LogP contribution in [0.4, 0.5) is 0 Å². The number of benzene rings is 1. The zero-order chi connectivity index (χ0) is 11.0. The van der Waals surface area contributed by atoms with Crippen LogP contribution in [-0.4, -0.2) is 5.17 Å². The molecule has 14 heavy (non-hydrogen) atoms. The van der Waals surface area contributed by atoms with Crippen molar-refractivity contribution >= 4 is 35.5 Å². The van der Waals surface area contributed by atoms with Gasteiger partial charge in [-0.15, -0.1) is 24.2 Å². The van der Waals surface area contributed by atoms with E-state index in [2.05, 4.69) is 24.9 Å². The molecule has 0 aliphatic rings. The van der Waals surface area contributed by atoms with Gasteiger partial charge in [-0.05, 0) is 11.1 Å². The highest BCUT2D eigenvalue weighted by molar-refractivity contribution is 7.96. The van der Waals surface area contributed by atoms with Crippen LogP contribution in [0.1, 0.15) is 11.1 Å². The van der Waals surface area contributed by atoms with E-state index in [1.54, 1.807) is 0 Å².